The predicted molar refractivity (Wildman–Crippen MR) is 115 cm³/mol. The van der Waals surface area contributed by atoms with Crippen LogP contribution in [0.1, 0.15) is 42.8 Å². The van der Waals surface area contributed by atoms with E-state index in [1.807, 2.05) is 10.6 Å². The summed E-state index contributed by atoms with van der Waals surface area (Å²) in [4.78, 5) is 13.7. The second kappa shape index (κ2) is 8.66. The minimum atomic E-state index is -2.90. The highest BCUT2D eigenvalue weighted by atomic mass is 19.3. The Kier molecular flexibility index (Phi) is 5.69. The molecule has 0 spiro atoms. The summed E-state index contributed by atoms with van der Waals surface area (Å²) in [7, 11) is 0. The number of fused-ring (bicyclic) bond motifs is 3. The Hall–Kier alpha value is -3.14. The monoisotopic (exact) mass is 459 g/mol. The Morgan fingerprint density at radius 2 is 2.09 bits per heavy atom. The minimum Gasteiger partial charge on any atom is -0.484 e. The first-order chi connectivity index (χ1) is 15.9. The van der Waals surface area contributed by atoms with Gasteiger partial charge in [-0.15, -0.1) is 0 Å². The molecule has 1 aromatic carbocycles. The van der Waals surface area contributed by atoms with Gasteiger partial charge in [-0.25, -0.2) is 23.1 Å². The highest BCUT2D eigenvalue weighted by Crippen LogP contribution is 2.36. The molecule has 0 saturated carbocycles. The van der Waals surface area contributed by atoms with E-state index in [-0.39, 0.29) is 11.7 Å². The van der Waals surface area contributed by atoms with Crippen LogP contribution in [-0.4, -0.2) is 40.4 Å². The van der Waals surface area contributed by atoms with Crippen molar-refractivity contribution in [3.8, 4) is 17.1 Å². The van der Waals surface area contributed by atoms with Gasteiger partial charge in [0, 0.05) is 25.1 Å². The fourth-order valence-electron chi connectivity index (χ4n) is 4.30. The molecular formula is C23H24F3N5O2. The first-order valence-corrected chi connectivity index (χ1v) is 10.9. The maximum Gasteiger partial charge on any atom is 0.266 e. The maximum atomic E-state index is 14.7. The van der Waals surface area contributed by atoms with Gasteiger partial charge >= 0.3 is 0 Å². The van der Waals surface area contributed by atoms with Crippen molar-refractivity contribution in [1.29, 1.82) is 0 Å². The van der Waals surface area contributed by atoms with Crippen LogP contribution in [0.2, 0.25) is 0 Å². The third-order valence-corrected chi connectivity index (χ3v) is 5.92. The van der Waals surface area contributed by atoms with E-state index in [4.69, 9.17) is 9.47 Å². The molecule has 0 amide bonds. The second-order valence-electron chi connectivity index (χ2n) is 8.23. The first kappa shape index (κ1) is 21.7. The minimum absolute atomic E-state index is 0.0496. The molecule has 7 nitrogen and oxygen atoms in total. The van der Waals surface area contributed by atoms with Gasteiger partial charge in [0.2, 0.25) is 0 Å². The molecule has 1 fully saturated rings. The van der Waals surface area contributed by atoms with Gasteiger partial charge in [-0.05, 0) is 19.9 Å². The Labute approximate surface area is 188 Å². The van der Waals surface area contributed by atoms with E-state index < -0.39 is 23.8 Å². The molecule has 4 aliphatic heterocycles. The molecule has 5 rings (SSSR count). The van der Waals surface area contributed by atoms with E-state index >= 15 is 0 Å². The zero-order chi connectivity index (χ0) is 23.1. The Balaban J connectivity index is 1.63. The van der Waals surface area contributed by atoms with E-state index in [9.17, 15) is 13.2 Å². The largest absolute Gasteiger partial charge is 0.484 e. The Morgan fingerprint density at radius 3 is 2.85 bits per heavy atom. The van der Waals surface area contributed by atoms with Gasteiger partial charge in [0.15, 0.2) is 17.1 Å². The van der Waals surface area contributed by atoms with Crippen molar-refractivity contribution >= 4 is 5.82 Å². The normalized spacial score (nSPS) is 19.2. The molecule has 33 heavy (non-hydrogen) atoms. The van der Waals surface area contributed by atoms with Crippen LogP contribution in [0.3, 0.4) is 0 Å². The van der Waals surface area contributed by atoms with Crippen LogP contribution in [0.5, 0.6) is 5.75 Å². The molecule has 4 aliphatic rings. The standard InChI is InChI=1S/C23H24F3N5O2/c1-12(15-4-3-5-16(19(15)24)20(25)26)28-21-17-10-18(33-14-6-9-32-11-14)23-27-7-8-31(23)22(17)30-13(2)29-21/h3-5,10,12,14,20,27H,6-9,11H2,1-2H3/t12?,14-/m1/s1. The number of ether oxygens (including phenoxy) is 2. The molecule has 4 heterocycles. The van der Waals surface area contributed by atoms with Gasteiger partial charge in [-0.2, -0.15) is 0 Å². The molecule has 1 aromatic rings. The summed E-state index contributed by atoms with van der Waals surface area (Å²) in [5.74, 6) is 1.74. The van der Waals surface area contributed by atoms with Gasteiger partial charge in [0.05, 0.1) is 30.4 Å². The first-order valence-electron chi connectivity index (χ1n) is 10.9. The molecule has 174 valence electrons. The summed E-state index contributed by atoms with van der Waals surface area (Å²) in [6.45, 7) is 6.03. The van der Waals surface area contributed by atoms with E-state index in [1.54, 1.807) is 13.8 Å². The lowest BCUT2D eigenvalue weighted by Gasteiger charge is -2.20. The van der Waals surface area contributed by atoms with Crippen LogP contribution >= 0.6 is 0 Å². The van der Waals surface area contributed by atoms with Gasteiger partial charge in [0.25, 0.3) is 6.43 Å². The van der Waals surface area contributed by atoms with Crippen LogP contribution in [0.4, 0.5) is 19.0 Å². The fourth-order valence-corrected chi connectivity index (χ4v) is 4.30. The summed E-state index contributed by atoms with van der Waals surface area (Å²) < 4.78 is 54.7. The van der Waals surface area contributed by atoms with E-state index in [1.165, 1.54) is 12.1 Å². The third kappa shape index (κ3) is 4.03. The van der Waals surface area contributed by atoms with Crippen molar-refractivity contribution in [2.75, 3.05) is 25.1 Å². The molecule has 1 N–H and O–H groups in total. The topological polar surface area (TPSA) is 73.6 Å². The number of halogens is 3. The van der Waals surface area contributed by atoms with Crippen LogP contribution in [-0.2, 0) is 11.3 Å². The van der Waals surface area contributed by atoms with Crippen molar-refractivity contribution in [3.05, 3.63) is 52.5 Å². The number of nitrogens with one attached hydrogen (secondary N) is 1. The van der Waals surface area contributed by atoms with Gasteiger partial charge in [-0.1, -0.05) is 18.2 Å². The number of nitrogens with zero attached hydrogens (tertiary/aromatic N) is 4. The van der Waals surface area contributed by atoms with Crippen molar-refractivity contribution in [1.82, 2.24) is 14.5 Å². The quantitative estimate of drug-likeness (QED) is 0.624. The van der Waals surface area contributed by atoms with Gasteiger partial charge < -0.3 is 19.4 Å². The van der Waals surface area contributed by atoms with E-state index in [2.05, 4.69) is 20.3 Å². The number of pyridine rings is 1. The molecular weight excluding hydrogens is 435 g/mol. The number of rotatable bonds is 5. The van der Waals surface area contributed by atoms with Crippen LogP contribution in [0.25, 0.3) is 11.4 Å². The third-order valence-electron chi connectivity index (χ3n) is 5.92. The molecule has 10 heteroatoms. The molecule has 1 unspecified atom stereocenters. The summed E-state index contributed by atoms with van der Waals surface area (Å²) in [6.07, 6.45) is -2.15. The lowest BCUT2D eigenvalue weighted by atomic mass is 10.0. The summed E-state index contributed by atoms with van der Waals surface area (Å²) in [6, 6.07) is 5.08. The van der Waals surface area contributed by atoms with Crippen LogP contribution in [0.15, 0.2) is 29.3 Å². The smallest absolute Gasteiger partial charge is 0.266 e. The number of benzene rings is 1. The van der Waals surface area contributed by atoms with E-state index in [0.717, 1.165) is 24.8 Å². The van der Waals surface area contributed by atoms with Crippen molar-refractivity contribution in [2.24, 2.45) is 4.99 Å². The number of aromatic nitrogens is 3. The maximum absolute atomic E-state index is 14.7. The molecule has 2 atom stereocenters. The van der Waals surface area contributed by atoms with Gasteiger partial charge in [-0.3, -0.25) is 4.99 Å². The lowest BCUT2D eigenvalue weighted by molar-refractivity contribution is 0.141. The lowest BCUT2D eigenvalue weighted by Crippen LogP contribution is -2.22. The highest BCUT2D eigenvalue weighted by molar-refractivity contribution is 5.68. The Bertz CT molecular complexity index is 1220. The second-order valence-corrected chi connectivity index (χ2v) is 8.23. The van der Waals surface area contributed by atoms with Crippen molar-refractivity contribution in [3.63, 3.8) is 0 Å². The zero-order valence-corrected chi connectivity index (χ0v) is 18.3. The number of hydrogen-bond donors (Lipinski definition) is 1. The average Bonchev–Trinajstić information content (AvgIpc) is 3.46. The Morgan fingerprint density at radius 1 is 1.27 bits per heavy atom. The number of anilines is 1. The molecule has 0 aliphatic carbocycles. The van der Waals surface area contributed by atoms with Crippen LogP contribution in [0, 0.1) is 12.7 Å². The summed E-state index contributed by atoms with van der Waals surface area (Å²) >= 11 is 0. The molecule has 0 aromatic heterocycles. The number of aryl methyl sites for hydroxylation is 1. The average molecular weight is 459 g/mol. The van der Waals surface area contributed by atoms with Gasteiger partial charge in [0.1, 0.15) is 23.6 Å². The SMILES string of the molecule is Cc1nc2n3c(c(O[C@@H]4CCOC4)cc-2c(=NC(C)c2cccc(C(F)F)c2F)n1)NCC3. The molecule has 0 radical (unpaired) electrons. The number of hydrogen-bond acceptors (Lipinski definition) is 6. The predicted octanol–water partition coefficient (Wildman–Crippen LogP) is 4.02. The van der Waals surface area contributed by atoms with E-state index in [0.29, 0.717) is 48.2 Å². The highest BCUT2D eigenvalue weighted by Gasteiger charge is 2.27. The zero-order valence-electron chi connectivity index (χ0n) is 18.3. The van der Waals surface area contributed by atoms with Crippen molar-refractivity contribution in [2.45, 2.75) is 45.4 Å². The molecule has 1 saturated heterocycles. The molecule has 0 bridgehead atoms. The summed E-state index contributed by atoms with van der Waals surface area (Å²) in [5.41, 5.74) is 0.472. The number of alkyl halides is 2. The summed E-state index contributed by atoms with van der Waals surface area (Å²) in [5, 5.41) is 3.35. The van der Waals surface area contributed by atoms with Crippen molar-refractivity contribution < 1.29 is 22.6 Å². The fraction of sp³-hybridized carbons (Fsp3) is 0.435. The van der Waals surface area contributed by atoms with Crippen LogP contribution < -0.4 is 15.5 Å².